The van der Waals surface area contributed by atoms with Crippen LogP contribution in [0.1, 0.15) is 5.56 Å². The largest absolute Gasteiger partial charge is 0.469 e. The van der Waals surface area contributed by atoms with E-state index < -0.39 is 11.8 Å². The molecule has 1 aromatic carbocycles. The van der Waals surface area contributed by atoms with Crippen LogP contribution in [0, 0.1) is 5.82 Å². The summed E-state index contributed by atoms with van der Waals surface area (Å²) in [5.74, 6) is -0.916. The number of ether oxygens (including phenoxy) is 1. The number of hydrogen-bond acceptors (Lipinski definition) is 2. The Balaban J connectivity index is 3.00. The number of halogens is 3. The third-order valence-corrected chi connectivity index (χ3v) is 3.18. The van der Waals surface area contributed by atoms with Gasteiger partial charge >= 0.3 is 5.97 Å². The zero-order valence-electron chi connectivity index (χ0n) is 7.31. The van der Waals surface area contributed by atoms with Gasteiger partial charge < -0.3 is 4.74 Å². The first-order valence-electron chi connectivity index (χ1n) is 3.75. The third-order valence-electron chi connectivity index (χ3n) is 1.68. The summed E-state index contributed by atoms with van der Waals surface area (Å²) in [6, 6.07) is 2.70. The minimum atomic E-state index is -0.521. The van der Waals surface area contributed by atoms with E-state index in [1.54, 1.807) is 0 Å². The van der Waals surface area contributed by atoms with E-state index >= 15 is 0 Å². The van der Waals surface area contributed by atoms with E-state index in [4.69, 9.17) is 11.6 Å². The molecule has 0 aliphatic heterocycles. The van der Waals surface area contributed by atoms with Gasteiger partial charge in [-0.3, -0.25) is 4.79 Å². The monoisotopic (exact) mass is 280 g/mol. The number of esters is 1. The summed E-state index contributed by atoms with van der Waals surface area (Å²) in [5, 5.41) is -0.0218. The molecule has 1 aromatic rings. The quantitative estimate of drug-likeness (QED) is 0.615. The molecule has 0 heterocycles. The van der Waals surface area contributed by atoms with Gasteiger partial charge in [-0.2, -0.15) is 0 Å². The second-order valence-corrected chi connectivity index (χ2v) is 3.76. The van der Waals surface area contributed by atoms with Gasteiger partial charge in [-0.15, -0.1) is 0 Å². The highest BCUT2D eigenvalue weighted by molar-refractivity contribution is 9.10. The second-order valence-electron chi connectivity index (χ2n) is 2.59. The maximum absolute atomic E-state index is 12.9. The smallest absolute Gasteiger partial charge is 0.310 e. The van der Waals surface area contributed by atoms with Crippen LogP contribution in [0.5, 0.6) is 0 Å². The van der Waals surface area contributed by atoms with Crippen LogP contribution >= 0.6 is 27.5 Å². The average molecular weight is 282 g/mol. The molecule has 0 aliphatic rings. The molecule has 0 bridgehead atoms. The molecular formula is C9H7BrClFO2. The molecule has 0 N–H and O–H groups in total. The Labute approximate surface area is 94.1 Å². The fourth-order valence-electron chi connectivity index (χ4n) is 0.930. The van der Waals surface area contributed by atoms with Crippen molar-refractivity contribution in [3.63, 3.8) is 0 Å². The van der Waals surface area contributed by atoms with Gasteiger partial charge in [0, 0.05) is 4.47 Å². The van der Waals surface area contributed by atoms with Gasteiger partial charge in [0.25, 0.3) is 0 Å². The number of carbonyl (C=O) groups excluding carboxylic acids is 1. The molecule has 0 radical (unpaired) electrons. The molecule has 1 rings (SSSR count). The van der Waals surface area contributed by atoms with Crippen molar-refractivity contribution in [1.29, 1.82) is 0 Å². The van der Waals surface area contributed by atoms with E-state index in [1.165, 1.54) is 19.2 Å². The Hall–Kier alpha value is -0.610. The summed E-state index contributed by atoms with van der Waals surface area (Å²) in [7, 11) is 1.29. The van der Waals surface area contributed by atoms with Crippen LogP contribution in [0.15, 0.2) is 16.6 Å². The Morgan fingerprint density at radius 1 is 1.64 bits per heavy atom. The van der Waals surface area contributed by atoms with Crippen molar-refractivity contribution < 1.29 is 13.9 Å². The summed E-state index contributed by atoms with van der Waals surface area (Å²) in [6.45, 7) is 0. The van der Waals surface area contributed by atoms with Crippen molar-refractivity contribution in [3.8, 4) is 0 Å². The Morgan fingerprint density at radius 3 is 2.86 bits per heavy atom. The first-order chi connectivity index (χ1) is 6.56. The highest BCUT2D eigenvalue weighted by atomic mass is 79.9. The van der Waals surface area contributed by atoms with Gasteiger partial charge in [0.15, 0.2) is 0 Å². The van der Waals surface area contributed by atoms with E-state index in [1.807, 2.05) is 0 Å². The van der Waals surface area contributed by atoms with E-state index in [0.717, 1.165) is 0 Å². The molecule has 0 aliphatic carbocycles. The van der Waals surface area contributed by atoms with Gasteiger partial charge in [0.05, 0.1) is 18.6 Å². The number of carbonyl (C=O) groups is 1. The lowest BCUT2D eigenvalue weighted by Crippen LogP contribution is -2.05. The molecule has 0 fully saturated rings. The minimum absolute atomic E-state index is 0.0218. The fourth-order valence-corrected chi connectivity index (χ4v) is 1.58. The van der Waals surface area contributed by atoms with Crippen LogP contribution < -0.4 is 0 Å². The summed E-state index contributed by atoms with van der Waals surface area (Å²) in [5.41, 5.74) is 0.600. The highest BCUT2D eigenvalue weighted by Crippen LogP contribution is 2.29. The summed E-state index contributed by atoms with van der Waals surface area (Å²) < 4.78 is 17.8. The molecule has 14 heavy (non-hydrogen) atoms. The first-order valence-corrected chi connectivity index (χ1v) is 4.92. The molecular weight excluding hydrogens is 274 g/mol. The van der Waals surface area contributed by atoms with Crippen molar-refractivity contribution in [1.82, 2.24) is 0 Å². The standard InChI is InChI=1S/C9H7BrClFO2/c1-14-7(13)4-5-2-3-6(12)9(11)8(5)10/h2-3H,4H2,1H3. The van der Waals surface area contributed by atoms with Crippen LogP contribution in [0.2, 0.25) is 5.02 Å². The molecule has 0 amide bonds. The number of hydrogen-bond donors (Lipinski definition) is 0. The van der Waals surface area contributed by atoms with Gasteiger partial charge in [0.1, 0.15) is 5.82 Å². The predicted octanol–water partition coefficient (Wildman–Crippen LogP) is 2.96. The molecule has 2 nitrogen and oxygen atoms in total. The summed E-state index contributed by atoms with van der Waals surface area (Å²) in [4.78, 5) is 10.9. The molecule has 0 unspecified atom stereocenters. The number of methoxy groups -OCH3 is 1. The SMILES string of the molecule is COC(=O)Cc1ccc(F)c(Cl)c1Br. The van der Waals surface area contributed by atoms with E-state index in [9.17, 15) is 9.18 Å². The van der Waals surface area contributed by atoms with E-state index in [-0.39, 0.29) is 11.4 Å². The Morgan fingerprint density at radius 2 is 2.29 bits per heavy atom. The van der Waals surface area contributed by atoms with E-state index in [0.29, 0.717) is 10.0 Å². The predicted molar refractivity (Wildman–Crippen MR) is 54.8 cm³/mol. The lowest BCUT2D eigenvalue weighted by atomic mass is 10.1. The van der Waals surface area contributed by atoms with Crippen molar-refractivity contribution in [2.45, 2.75) is 6.42 Å². The van der Waals surface area contributed by atoms with Gasteiger partial charge in [-0.05, 0) is 27.6 Å². The molecule has 0 saturated carbocycles. The maximum Gasteiger partial charge on any atom is 0.310 e. The van der Waals surface area contributed by atoms with Gasteiger partial charge in [-0.1, -0.05) is 17.7 Å². The van der Waals surface area contributed by atoms with Gasteiger partial charge in [-0.25, -0.2) is 4.39 Å². The van der Waals surface area contributed by atoms with E-state index in [2.05, 4.69) is 20.7 Å². The third kappa shape index (κ3) is 2.45. The van der Waals surface area contributed by atoms with Crippen molar-refractivity contribution in [3.05, 3.63) is 33.0 Å². The Kier molecular flexibility index (Phi) is 3.89. The van der Waals surface area contributed by atoms with Crippen molar-refractivity contribution in [2.24, 2.45) is 0 Å². The molecule has 0 aromatic heterocycles. The van der Waals surface area contributed by atoms with Crippen molar-refractivity contribution >= 4 is 33.5 Å². The van der Waals surface area contributed by atoms with Crippen molar-refractivity contribution in [2.75, 3.05) is 7.11 Å². The lowest BCUT2D eigenvalue weighted by Gasteiger charge is -2.05. The second kappa shape index (κ2) is 4.75. The lowest BCUT2D eigenvalue weighted by molar-refractivity contribution is -0.139. The van der Waals surface area contributed by atoms with Crippen LogP contribution in [0.4, 0.5) is 4.39 Å². The minimum Gasteiger partial charge on any atom is -0.469 e. The summed E-state index contributed by atoms with van der Waals surface area (Å²) in [6.07, 6.45) is 0.0666. The molecule has 0 atom stereocenters. The fraction of sp³-hybridized carbons (Fsp3) is 0.222. The summed E-state index contributed by atoms with van der Waals surface area (Å²) >= 11 is 8.74. The number of benzene rings is 1. The van der Waals surface area contributed by atoms with Crippen LogP contribution in [-0.2, 0) is 16.0 Å². The molecule has 0 spiro atoms. The average Bonchev–Trinajstić information content (AvgIpc) is 2.19. The topological polar surface area (TPSA) is 26.3 Å². The van der Waals surface area contributed by atoms with Crippen LogP contribution in [0.3, 0.4) is 0 Å². The zero-order chi connectivity index (χ0) is 10.7. The maximum atomic E-state index is 12.9. The normalized spacial score (nSPS) is 10.0. The number of rotatable bonds is 2. The molecule has 5 heteroatoms. The first kappa shape index (κ1) is 11.5. The molecule has 76 valence electrons. The van der Waals surface area contributed by atoms with Crippen LogP contribution in [-0.4, -0.2) is 13.1 Å². The highest BCUT2D eigenvalue weighted by Gasteiger charge is 2.12. The zero-order valence-corrected chi connectivity index (χ0v) is 9.65. The van der Waals surface area contributed by atoms with Crippen LogP contribution in [0.25, 0.3) is 0 Å². The Bertz CT molecular complexity index is 368. The molecule has 0 saturated heterocycles. The van der Waals surface area contributed by atoms with Gasteiger partial charge in [0.2, 0.25) is 0 Å².